The minimum atomic E-state index is -3.58. The third-order valence-electron chi connectivity index (χ3n) is 3.04. The lowest BCUT2D eigenvalue weighted by Crippen LogP contribution is -2.37. The van der Waals surface area contributed by atoms with Crippen molar-refractivity contribution in [2.75, 3.05) is 27.8 Å². The second-order valence-corrected chi connectivity index (χ2v) is 6.25. The van der Waals surface area contributed by atoms with E-state index in [0.29, 0.717) is 23.6 Å². The molecule has 0 saturated carbocycles. The third-order valence-corrected chi connectivity index (χ3v) is 4.61. The minimum absolute atomic E-state index is 0. The molecule has 0 saturated heterocycles. The molecule has 2 N–H and O–H groups in total. The molecule has 0 spiro atoms. The Morgan fingerprint density at radius 2 is 1.71 bits per heavy atom. The molecule has 0 aliphatic carbocycles. The monoisotopic (exact) mass is 338 g/mol. The lowest BCUT2D eigenvalue weighted by Gasteiger charge is -2.15. The smallest absolute Gasteiger partial charge is 0.241 e. The van der Waals surface area contributed by atoms with Crippen molar-refractivity contribution in [3.05, 3.63) is 17.7 Å². The molecule has 1 aromatic carbocycles. The van der Waals surface area contributed by atoms with Gasteiger partial charge in [0.15, 0.2) is 11.5 Å². The van der Waals surface area contributed by atoms with Crippen molar-refractivity contribution in [1.29, 1.82) is 0 Å². The summed E-state index contributed by atoms with van der Waals surface area (Å²) in [5.74, 6) is 0.896. The molecule has 1 atom stereocenters. The van der Waals surface area contributed by atoms with Crippen LogP contribution in [-0.2, 0) is 10.0 Å². The molecule has 21 heavy (non-hydrogen) atoms. The van der Waals surface area contributed by atoms with Crippen LogP contribution in [-0.4, -0.2) is 42.3 Å². The molecule has 0 radical (unpaired) electrons. The molecule has 0 aliphatic heterocycles. The van der Waals surface area contributed by atoms with E-state index in [1.807, 2.05) is 6.92 Å². The molecule has 0 aliphatic rings. The van der Waals surface area contributed by atoms with Crippen LogP contribution in [0.4, 0.5) is 0 Å². The van der Waals surface area contributed by atoms with Crippen molar-refractivity contribution < 1.29 is 17.9 Å². The number of benzene rings is 1. The number of methoxy groups -OCH3 is 2. The highest BCUT2D eigenvalue weighted by Gasteiger charge is 2.20. The normalized spacial score (nSPS) is 12.4. The first-order valence-electron chi connectivity index (χ1n) is 6.25. The number of hydrogen-bond acceptors (Lipinski definition) is 5. The van der Waals surface area contributed by atoms with Crippen LogP contribution in [0.3, 0.4) is 0 Å². The summed E-state index contributed by atoms with van der Waals surface area (Å²) in [6.07, 6.45) is 0. The zero-order valence-electron chi connectivity index (χ0n) is 12.9. The molecule has 122 valence electrons. The predicted molar refractivity (Wildman–Crippen MR) is 85.2 cm³/mol. The summed E-state index contributed by atoms with van der Waals surface area (Å²) in [5, 5.41) is 2.97. The Morgan fingerprint density at radius 1 is 1.19 bits per heavy atom. The van der Waals surface area contributed by atoms with Crippen LogP contribution < -0.4 is 19.5 Å². The molecule has 0 fully saturated rings. The summed E-state index contributed by atoms with van der Waals surface area (Å²) in [5.41, 5.74) is 0.604. The van der Waals surface area contributed by atoms with Gasteiger partial charge >= 0.3 is 0 Å². The molecule has 0 bridgehead atoms. The fourth-order valence-electron chi connectivity index (χ4n) is 1.67. The van der Waals surface area contributed by atoms with Gasteiger partial charge in [-0.25, -0.2) is 13.1 Å². The van der Waals surface area contributed by atoms with Gasteiger partial charge < -0.3 is 14.8 Å². The summed E-state index contributed by atoms with van der Waals surface area (Å²) in [6, 6.07) is 3.17. The molecule has 0 heterocycles. The van der Waals surface area contributed by atoms with E-state index in [1.165, 1.54) is 20.3 Å². The van der Waals surface area contributed by atoms with E-state index in [2.05, 4.69) is 10.0 Å². The van der Waals surface area contributed by atoms with Gasteiger partial charge in [0.2, 0.25) is 10.0 Å². The van der Waals surface area contributed by atoms with Gasteiger partial charge in [0.25, 0.3) is 0 Å². The Labute approximate surface area is 132 Å². The number of nitrogens with one attached hydrogen (secondary N) is 2. The van der Waals surface area contributed by atoms with Crippen LogP contribution in [0.2, 0.25) is 0 Å². The van der Waals surface area contributed by atoms with Gasteiger partial charge in [0.05, 0.1) is 19.1 Å². The highest BCUT2D eigenvalue weighted by atomic mass is 35.5. The Bertz CT molecular complexity index is 564. The van der Waals surface area contributed by atoms with Crippen molar-refractivity contribution in [2.24, 2.45) is 0 Å². The molecular formula is C13H23ClN2O4S. The maximum Gasteiger partial charge on any atom is 0.241 e. The number of aryl methyl sites for hydroxylation is 1. The summed E-state index contributed by atoms with van der Waals surface area (Å²) < 4.78 is 37.5. The number of rotatable bonds is 7. The van der Waals surface area contributed by atoms with Crippen LogP contribution in [0.15, 0.2) is 17.0 Å². The average Bonchev–Trinajstić information content (AvgIpc) is 2.44. The molecule has 0 amide bonds. The topological polar surface area (TPSA) is 76.7 Å². The zero-order chi connectivity index (χ0) is 15.3. The number of sulfonamides is 1. The van der Waals surface area contributed by atoms with Gasteiger partial charge in [-0.1, -0.05) is 0 Å². The Balaban J connectivity index is 0.00000400. The SMILES string of the molecule is CNC(C)CNS(=O)(=O)c1cc(OC)c(OC)cc1C.Cl. The molecule has 1 rings (SSSR count). The summed E-state index contributed by atoms with van der Waals surface area (Å²) in [7, 11) is 1.18. The fraction of sp³-hybridized carbons (Fsp3) is 0.538. The standard InChI is InChI=1S/C13H22N2O4S.ClH/c1-9-6-11(18-4)12(19-5)7-13(9)20(16,17)15-8-10(2)14-3;/h6-7,10,14-15H,8H2,1-5H3;1H. The summed E-state index contributed by atoms with van der Waals surface area (Å²) in [6.45, 7) is 3.93. The molecular weight excluding hydrogens is 316 g/mol. The average molecular weight is 339 g/mol. The van der Waals surface area contributed by atoms with Crippen LogP contribution in [0.25, 0.3) is 0 Å². The highest BCUT2D eigenvalue weighted by Crippen LogP contribution is 2.32. The third kappa shape index (κ3) is 5.03. The highest BCUT2D eigenvalue weighted by molar-refractivity contribution is 7.89. The van der Waals surface area contributed by atoms with Crippen LogP contribution in [0.5, 0.6) is 11.5 Å². The Morgan fingerprint density at radius 3 is 2.19 bits per heavy atom. The van der Waals surface area contributed by atoms with Crippen LogP contribution >= 0.6 is 12.4 Å². The molecule has 8 heteroatoms. The number of ether oxygens (including phenoxy) is 2. The van der Waals surface area contributed by atoms with E-state index in [0.717, 1.165) is 0 Å². The first-order valence-corrected chi connectivity index (χ1v) is 7.73. The molecule has 0 aromatic heterocycles. The van der Waals surface area contributed by atoms with Gasteiger partial charge in [-0.15, -0.1) is 12.4 Å². The lowest BCUT2D eigenvalue weighted by atomic mass is 10.2. The maximum absolute atomic E-state index is 12.3. The van der Waals surface area contributed by atoms with E-state index in [-0.39, 0.29) is 23.3 Å². The van der Waals surface area contributed by atoms with Gasteiger partial charge in [-0.2, -0.15) is 0 Å². The minimum Gasteiger partial charge on any atom is -0.493 e. The second-order valence-electron chi connectivity index (χ2n) is 4.51. The maximum atomic E-state index is 12.3. The molecule has 1 aromatic rings. The van der Waals surface area contributed by atoms with E-state index in [1.54, 1.807) is 20.0 Å². The second kappa shape index (κ2) is 8.43. The fourth-order valence-corrected chi connectivity index (χ4v) is 3.04. The first-order chi connectivity index (χ1) is 9.35. The lowest BCUT2D eigenvalue weighted by molar-refractivity contribution is 0.353. The largest absolute Gasteiger partial charge is 0.493 e. The Hall–Kier alpha value is -1.02. The van der Waals surface area contributed by atoms with E-state index >= 15 is 0 Å². The predicted octanol–water partition coefficient (Wildman–Crippen LogP) is 1.32. The summed E-state index contributed by atoms with van der Waals surface area (Å²) >= 11 is 0. The van der Waals surface area contributed by atoms with Crippen molar-refractivity contribution in [3.8, 4) is 11.5 Å². The van der Waals surface area contributed by atoms with Crippen LogP contribution in [0.1, 0.15) is 12.5 Å². The van der Waals surface area contributed by atoms with E-state index in [9.17, 15) is 8.42 Å². The Kier molecular flexibility index (Phi) is 8.02. The molecule has 6 nitrogen and oxygen atoms in total. The zero-order valence-corrected chi connectivity index (χ0v) is 14.5. The van der Waals surface area contributed by atoms with Gasteiger partial charge in [-0.3, -0.25) is 0 Å². The molecule has 1 unspecified atom stereocenters. The quantitative estimate of drug-likeness (QED) is 0.784. The number of hydrogen-bond donors (Lipinski definition) is 2. The summed E-state index contributed by atoms with van der Waals surface area (Å²) in [4.78, 5) is 0.193. The van der Waals surface area contributed by atoms with Crippen LogP contribution in [0, 0.1) is 6.92 Å². The number of halogens is 1. The number of likely N-dealkylation sites (N-methyl/N-ethyl adjacent to an activating group) is 1. The van der Waals surface area contributed by atoms with Gasteiger partial charge in [-0.05, 0) is 32.5 Å². The van der Waals surface area contributed by atoms with Crippen molar-refractivity contribution in [2.45, 2.75) is 24.8 Å². The van der Waals surface area contributed by atoms with Gasteiger partial charge in [0.1, 0.15) is 0 Å². The van der Waals surface area contributed by atoms with Gasteiger partial charge in [0, 0.05) is 18.7 Å². The van der Waals surface area contributed by atoms with Crippen molar-refractivity contribution in [1.82, 2.24) is 10.0 Å². The van der Waals surface area contributed by atoms with Crippen molar-refractivity contribution >= 4 is 22.4 Å². The van der Waals surface area contributed by atoms with E-state index in [4.69, 9.17) is 9.47 Å². The first kappa shape index (κ1) is 20.0. The van der Waals surface area contributed by atoms with E-state index < -0.39 is 10.0 Å². The van der Waals surface area contributed by atoms with Crippen molar-refractivity contribution in [3.63, 3.8) is 0 Å².